The summed E-state index contributed by atoms with van der Waals surface area (Å²) in [7, 11) is 1.69. The lowest BCUT2D eigenvalue weighted by Crippen LogP contribution is -2.32. The van der Waals surface area contributed by atoms with Crippen LogP contribution in [-0.4, -0.2) is 16.9 Å². The van der Waals surface area contributed by atoms with Gasteiger partial charge in [-0.2, -0.15) is 5.10 Å². The largest absolute Gasteiger partial charge is 0.493 e. The molecular weight excluding hydrogens is 252 g/mol. The SMILES string of the molecule is COc1cnn(C(C)C)c1C(CC1CCCCC1)NN. The highest BCUT2D eigenvalue weighted by atomic mass is 16.5. The fourth-order valence-electron chi connectivity index (χ4n) is 3.27. The van der Waals surface area contributed by atoms with Gasteiger partial charge < -0.3 is 4.74 Å². The molecule has 20 heavy (non-hydrogen) atoms. The first kappa shape index (κ1) is 15.3. The summed E-state index contributed by atoms with van der Waals surface area (Å²) in [5, 5.41) is 4.44. The van der Waals surface area contributed by atoms with Crippen LogP contribution in [0.15, 0.2) is 6.20 Å². The fraction of sp³-hybridized carbons (Fsp3) is 0.800. The van der Waals surface area contributed by atoms with Crippen LogP contribution in [0, 0.1) is 5.92 Å². The zero-order valence-electron chi connectivity index (χ0n) is 12.9. The van der Waals surface area contributed by atoms with Crippen molar-refractivity contribution in [2.75, 3.05) is 7.11 Å². The van der Waals surface area contributed by atoms with Gasteiger partial charge >= 0.3 is 0 Å². The summed E-state index contributed by atoms with van der Waals surface area (Å²) in [6, 6.07) is 0.411. The lowest BCUT2D eigenvalue weighted by Gasteiger charge is -2.27. The van der Waals surface area contributed by atoms with E-state index < -0.39 is 0 Å². The Balaban J connectivity index is 2.18. The number of nitrogens with two attached hydrogens (primary N) is 1. The van der Waals surface area contributed by atoms with Crippen molar-refractivity contribution in [3.63, 3.8) is 0 Å². The molecule has 1 aliphatic rings. The maximum Gasteiger partial charge on any atom is 0.161 e. The monoisotopic (exact) mass is 280 g/mol. The average molecular weight is 280 g/mol. The van der Waals surface area contributed by atoms with Gasteiger partial charge in [0, 0.05) is 6.04 Å². The number of hydrogen-bond acceptors (Lipinski definition) is 4. The third-order valence-electron chi connectivity index (χ3n) is 4.33. The lowest BCUT2D eigenvalue weighted by atomic mass is 9.84. The van der Waals surface area contributed by atoms with E-state index >= 15 is 0 Å². The number of nitrogens with one attached hydrogen (secondary N) is 1. The molecule has 1 saturated carbocycles. The van der Waals surface area contributed by atoms with Crippen molar-refractivity contribution < 1.29 is 4.74 Å². The number of hydrogen-bond donors (Lipinski definition) is 2. The van der Waals surface area contributed by atoms with E-state index in [1.54, 1.807) is 13.3 Å². The van der Waals surface area contributed by atoms with E-state index in [1.807, 2.05) is 4.68 Å². The zero-order valence-corrected chi connectivity index (χ0v) is 12.9. The van der Waals surface area contributed by atoms with Gasteiger partial charge in [0.15, 0.2) is 5.75 Å². The summed E-state index contributed by atoms with van der Waals surface area (Å²) >= 11 is 0. The van der Waals surface area contributed by atoms with Crippen LogP contribution < -0.4 is 16.0 Å². The predicted molar refractivity (Wildman–Crippen MR) is 80.4 cm³/mol. The molecule has 0 spiro atoms. The zero-order chi connectivity index (χ0) is 14.5. The first-order valence-electron chi connectivity index (χ1n) is 7.74. The summed E-state index contributed by atoms with van der Waals surface area (Å²) in [4.78, 5) is 0. The van der Waals surface area contributed by atoms with E-state index in [0.29, 0.717) is 6.04 Å². The molecule has 3 N–H and O–H groups in total. The van der Waals surface area contributed by atoms with Gasteiger partial charge in [0.05, 0.1) is 25.0 Å². The molecule has 0 bridgehead atoms. The Bertz CT molecular complexity index is 410. The first-order valence-corrected chi connectivity index (χ1v) is 7.74. The molecule has 0 aromatic carbocycles. The van der Waals surface area contributed by atoms with Crippen LogP contribution >= 0.6 is 0 Å². The average Bonchev–Trinajstić information content (AvgIpc) is 2.89. The van der Waals surface area contributed by atoms with Gasteiger partial charge in [0.25, 0.3) is 0 Å². The molecule has 1 fully saturated rings. The van der Waals surface area contributed by atoms with Crippen LogP contribution in [0.3, 0.4) is 0 Å². The van der Waals surface area contributed by atoms with Crippen LogP contribution in [0.2, 0.25) is 0 Å². The summed E-state index contributed by atoms with van der Waals surface area (Å²) in [5.41, 5.74) is 4.06. The second-order valence-electron chi connectivity index (χ2n) is 6.10. The van der Waals surface area contributed by atoms with Crippen molar-refractivity contribution in [1.29, 1.82) is 0 Å². The van der Waals surface area contributed by atoms with E-state index in [-0.39, 0.29) is 6.04 Å². The minimum absolute atomic E-state index is 0.109. The van der Waals surface area contributed by atoms with Gasteiger partial charge in [-0.3, -0.25) is 16.0 Å². The number of rotatable bonds is 6. The van der Waals surface area contributed by atoms with Crippen molar-refractivity contribution in [3.05, 3.63) is 11.9 Å². The van der Waals surface area contributed by atoms with Crippen molar-refractivity contribution in [2.45, 2.75) is 64.5 Å². The van der Waals surface area contributed by atoms with Crippen LogP contribution in [0.1, 0.15) is 70.2 Å². The Kier molecular flexibility index (Phi) is 5.43. The van der Waals surface area contributed by atoms with Gasteiger partial charge in [-0.05, 0) is 26.2 Å². The maximum absolute atomic E-state index is 5.83. The Labute approximate surface area is 121 Å². The Morgan fingerprint density at radius 2 is 2.10 bits per heavy atom. The molecule has 5 heteroatoms. The second kappa shape index (κ2) is 7.09. The van der Waals surface area contributed by atoms with Crippen LogP contribution in [0.25, 0.3) is 0 Å². The standard InChI is InChI=1S/C15H28N4O/c1-11(2)19-15(14(20-3)10-17-19)13(18-16)9-12-7-5-4-6-8-12/h10-13,18H,4-9,16H2,1-3H3. The Hall–Kier alpha value is -1.07. The molecule has 0 radical (unpaired) electrons. The van der Waals surface area contributed by atoms with E-state index in [0.717, 1.165) is 23.8 Å². The lowest BCUT2D eigenvalue weighted by molar-refractivity contribution is 0.286. The topological polar surface area (TPSA) is 65.1 Å². The van der Waals surface area contributed by atoms with Crippen molar-refractivity contribution in [2.24, 2.45) is 11.8 Å². The molecular formula is C15H28N4O. The third-order valence-corrected chi connectivity index (χ3v) is 4.33. The molecule has 0 amide bonds. The van der Waals surface area contributed by atoms with Gasteiger partial charge in [-0.1, -0.05) is 32.1 Å². The normalized spacial score (nSPS) is 18.4. The smallest absolute Gasteiger partial charge is 0.161 e. The molecule has 1 heterocycles. The maximum atomic E-state index is 5.83. The van der Waals surface area contributed by atoms with Gasteiger partial charge in [-0.25, -0.2) is 0 Å². The number of aromatic nitrogens is 2. The van der Waals surface area contributed by atoms with Crippen LogP contribution in [-0.2, 0) is 0 Å². The summed E-state index contributed by atoms with van der Waals surface area (Å²) in [6.45, 7) is 4.26. The van der Waals surface area contributed by atoms with Crippen molar-refractivity contribution >= 4 is 0 Å². The molecule has 2 rings (SSSR count). The quantitative estimate of drug-likeness (QED) is 0.621. The van der Waals surface area contributed by atoms with Gasteiger partial charge in [0.2, 0.25) is 0 Å². The van der Waals surface area contributed by atoms with E-state index in [4.69, 9.17) is 10.6 Å². The minimum Gasteiger partial charge on any atom is -0.493 e. The number of nitrogens with zero attached hydrogens (tertiary/aromatic N) is 2. The Morgan fingerprint density at radius 3 is 2.65 bits per heavy atom. The molecule has 0 aliphatic heterocycles. The van der Waals surface area contributed by atoms with Crippen molar-refractivity contribution in [3.8, 4) is 5.75 Å². The third kappa shape index (κ3) is 3.33. The number of hydrazine groups is 1. The van der Waals surface area contributed by atoms with Crippen LogP contribution in [0.5, 0.6) is 5.75 Å². The van der Waals surface area contributed by atoms with E-state index in [9.17, 15) is 0 Å². The molecule has 0 saturated heterocycles. The van der Waals surface area contributed by atoms with E-state index in [2.05, 4.69) is 24.4 Å². The summed E-state index contributed by atoms with van der Waals surface area (Å²) < 4.78 is 7.49. The molecule has 1 aromatic heterocycles. The summed E-state index contributed by atoms with van der Waals surface area (Å²) in [5.74, 6) is 7.41. The first-order chi connectivity index (χ1) is 9.67. The minimum atomic E-state index is 0.109. The van der Waals surface area contributed by atoms with Gasteiger partial charge in [-0.15, -0.1) is 0 Å². The number of methoxy groups -OCH3 is 1. The molecule has 5 nitrogen and oxygen atoms in total. The molecule has 1 aliphatic carbocycles. The number of ether oxygens (including phenoxy) is 1. The predicted octanol–water partition coefficient (Wildman–Crippen LogP) is 2.95. The highest BCUT2D eigenvalue weighted by Crippen LogP contribution is 2.35. The summed E-state index contributed by atoms with van der Waals surface area (Å²) in [6.07, 6.45) is 9.56. The Morgan fingerprint density at radius 1 is 1.40 bits per heavy atom. The van der Waals surface area contributed by atoms with Crippen LogP contribution in [0.4, 0.5) is 0 Å². The molecule has 114 valence electrons. The fourth-order valence-corrected chi connectivity index (χ4v) is 3.27. The molecule has 1 aromatic rings. The van der Waals surface area contributed by atoms with E-state index in [1.165, 1.54) is 32.1 Å². The highest BCUT2D eigenvalue weighted by Gasteiger charge is 2.26. The highest BCUT2D eigenvalue weighted by molar-refractivity contribution is 5.28. The molecule has 1 unspecified atom stereocenters. The van der Waals surface area contributed by atoms with Crippen molar-refractivity contribution in [1.82, 2.24) is 15.2 Å². The molecule has 1 atom stereocenters. The van der Waals surface area contributed by atoms with Gasteiger partial charge in [0.1, 0.15) is 0 Å². The second-order valence-corrected chi connectivity index (χ2v) is 6.10.